The van der Waals surface area contributed by atoms with Gasteiger partial charge in [-0.05, 0) is 32.4 Å². The third-order valence-corrected chi connectivity index (χ3v) is 1.94. The van der Waals surface area contributed by atoms with Gasteiger partial charge < -0.3 is 15.6 Å². The molecular formula is C11H18N2O3. The molecule has 1 aromatic heterocycles. The van der Waals surface area contributed by atoms with Gasteiger partial charge >= 0.3 is 6.09 Å². The van der Waals surface area contributed by atoms with E-state index < -0.39 is 17.7 Å². The fraction of sp³-hybridized carbons (Fsp3) is 0.545. The number of ether oxygens (including phenoxy) is 1. The van der Waals surface area contributed by atoms with E-state index in [-0.39, 0.29) is 6.61 Å². The summed E-state index contributed by atoms with van der Waals surface area (Å²) in [7, 11) is 0. The fourth-order valence-electron chi connectivity index (χ4n) is 1.17. The maximum Gasteiger partial charge on any atom is 0.418 e. The minimum Gasteiger partial charge on any atom is -0.443 e. The number of nitrogens with two attached hydrogens (primary N) is 1. The van der Waals surface area contributed by atoms with Gasteiger partial charge in [0.15, 0.2) is 0 Å². The van der Waals surface area contributed by atoms with Crippen molar-refractivity contribution in [2.24, 2.45) is 5.73 Å². The van der Waals surface area contributed by atoms with Gasteiger partial charge in [-0.15, -0.1) is 0 Å². The van der Waals surface area contributed by atoms with Crippen LogP contribution in [0.25, 0.3) is 0 Å². The first-order valence-corrected chi connectivity index (χ1v) is 5.11. The molecule has 0 unspecified atom stereocenters. The summed E-state index contributed by atoms with van der Waals surface area (Å²) in [4.78, 5) is 11.6. The molecule has 0 saturated heterocycles. The predicted octanol–water partition coefficient (Wildman–Crippen LogP) is 1.26. The molecule has 90 valence electrons. The Labute approximate surface area is 94.8 Å². The van der Waals surface area contributed by atoms with E-state index in [1.807, 2.05) is 0 Å². The van der Waals surface area contributed by atoms with Crippen molar-refractivity contribution in [3.63, 3.8) is 0 Å². The van der Waals surface area contributed by atoms with E-state index in [1.165, 1.54) is 4.57 Å². The second-order valence-electron chi connectivity index (χ2n) is 4.62. The highest BCUT2D eigenvalue weighted by Crippen LogP contribution is 2.13. The van der Waals surface area contributed by atoms with Crippen molar-refractivity contribution in [2.75, 3.05) is 6.61 Å². The van der Waals surface area contributed by atoms with Gasteiger partial charge in [0.1, 0.15) is 5.60 Å². The molecule has 0 radical (unpaired) electrons. The molecule has 0 aliphatic carbocycles. The van der Waals surface area contributed by atoms with Gasteiger partial charge in [-0.25, -0.2) is 4.79 Å². The maximum absolute atomic E-state index is 11.6. The molecule has 1 heterocycles. The van der Waals surface area contributed by atoms with Crippen LogP contribution < -0.4 is 5.73 Å². The van der Waals surface area contributed by atoms with E-state index in [1.54, 1.807) is 39.2 Å². The molecule has 0 amide bonds. The Bertz CT molecular complexity index is 366. The van der Waals surface area contributed by atoms with Gasteiger partial charge in [0.05, 0.1) is 12.6 Å². The smallest absolute Gasteiger partial charge is 0.418 e. The normalized spacial score (nSPS) is 13.6. The molecule has 1 rings (SSSR count). The van der Waals surface area contributed by atoms with E-state index in [2.05, 4.69) is 0 Å². The average Bonchev–Trinajstić information content (AvgIpc) is 2.62. The Morgan fingerprint density at radius 3 is 2.75 bits per heavy atom. The van der Waals surface area contributed by atoms with Crippen LogP contribution in [0, 0.1) is 0 Å². The maximum atomic E-state index is 11.6. The Kier molecular flexibility index (Phi) is 3.72. The number of aromatic nitrogens is 1. The lowest BCUT2D eigenvalue weighted by Crippen LogP contribution is -2.26. The molecule has 0 aliphatic heterocycles. The van der Waals surface area contributed by atoms with Crippen molar-refractivity contribution in [2.45, 2.75) is 32.4 Å². The Morgan fingerprint density at radius 2 is 2.25 bits per heavy atom. The number of rotatable bonds is 2. The first-order chi connectivity index (χ1) is 7.33. The fourth-order valence-corrected chi connectivity index (χ4v) is 1.17. The van der Waals surface area contributed by atoms with E-state index in [4.69, 9.17) is 15.6 Å². The lowest BCUT2D eigenvalue weighted by molar-refractivity contribution is 0.0537. The number of nitrogens with zero attached hydrogens (tertiary/aromatic N) is 1. The van der Waals surface area contributed by atoms with Crippen LogP contribution in [0.2, 0.25) is 0 Å². The highest BCUT2D eigenvalue weighted by molar-refractivity contribution is 5.71. The summed E-state index contributed by atoms with van der Waals surface area (Å²) in [5.41, 5.74) is 5.79. The average molecular weight is 226 g/mol. The van der Waals surface area contributed by atoms with Crippen LogP contribution in [0.5, 0.6) is 0 Å². The summed E-state index contributed by atoms with van der Waals surface area (Å²) < 4.78 is 6.49. The third kappa shape index (κ3) is 3.36. The summed E-state index contributed by atoms with van der Waals surface area (Å²) in [5.74, 6) is 0. The molecule has 1 aromatic rings. The van der Waals surface area contributed by atoms with Gasteiger partial charge in [-0.2, -0.15) is 0 Å². The summed E-state index contributed by atoms with van der Waals surface area (Å²) in [5, 5.41) is 8.87. The molecule has 1 atom stereocenters. The minimum absolute atomic E-state index is 0.154. The zero-order chi connectivity index (χ0) is 12.3. The number of carbonyl (C=O) groups excluding carboxylic acids is 1. The second kappa shape index (κ2) is 4.67. The molecule has 0 aliphatic rings. The van der Waals surface area contributed by atoms with Crippen molar-refractivity contribution in [3.8, 4) is 0 Å². The molecular weight excluding hydrogens is 208 g/mol. The molecule has 3 N–H and O–H groups in total. The Balaban J connectivity index is 2.75. The van der Waals surface area contributed by atoms with E-state index in [9.17, 15) is 4.79 Å². The van der Waals surface area contributed by atoms with Crippen molar-refractivity contribution >= 4 is 6.09 Å². The number of carbonyl (C=O) groups is 1. The molecule has 0 saturated carbocycles. The molecule has 0 aromatic carbocycles. The number of hydrogen-bond donors (Lipinski definition) is 2. The van der Waals surface area contributed by atoms with Gasteiger partial charge in [0.25, 0.3) is 0 Å². The van der Waals surface area contributed by atoms with Crippen molar-refractivity contribution in [1.29, 1.82) is 0 Å². The first-order valence-electron chi connectivity index (χ1n) is 5.11. The van der Waals surface area contributed by atoms with Gasteiger partial charge in [-0.3, -0.25) is 4.57 Å². The van der Waals surface area contributed by atoms with Crippen molar-refractivity contribution < 1.29 is 14.6 Å². The van der Waals surface area contributed by atoms with Gasteiger partial charge in [-0.1, -0.05) is 0 Å². The number of hydrogen-bond acceptors (Lipinski definition) is 4. The quantitative estimate of drug-likeness (QED) is 0.796. The Hall–Kier alpha value is -1.33. The van der Waals surface area contributed by atoms with E-state index in [0.717, 1.165) is 0 Å². The van der Waals surface area contributed by atoms with E-state index >= 15 is 0 Å². The summed E-state index contributed by atoms with van der Waals surface area (Å²) >= 11 is 0. The standard InChI is InChI=1S/C11H18N2O3/c1-11(2,3)16-10(15)13-5-4-8(6-13)9(12)7-14/h4-6,9,14H,7,12H2,1-3H3/t9-/m1/s1. The summed E-state index contributed by atoms with van der Waals surface area (Å²) in [6.45, 7) is 5.25. The van der Waals surface area contributed by atoms with Crippen molar-refractivity contribution in [1.82, 2.24) is 4.57 Å². The topological polar surface area (TPSA) is 77.5 Å². The largest absolute Gasteiger partial charge is 0.443 e. The molecule has 0 spiro atoms. The third-order valence-electron chi connectivity index (χ3n) is 1.94. The van der Waals surface area contributed by atoms with Gasteiger partial charge in [0, 0.05) is 12.4 Å². The first kappa shape index (κ1) is 12.7. The molecule has 16 heavy (non-hydrogen) atoms. The molecule has 5 nitrogen and oxygen atoms in total. The molecule has 0 bridgehead atoms. The van der Waals surface area contributed by atoms with Crippen LogP contribution >= 0.6 is 0 Å². The highest BCUT2D eigenvalue weighted by atomic mass is 16.6. The van der Waals surface area contributed by atoms with Gasteiger partial charge in [0.2, 0.25) is 0 Å². The van der Waals surface area contributed by atoms with Crippen LogP contribution in [-0.4, -0.2) is 28.0 Å². The van der Waals surface area contributed by atoms with Crippen molar-refractivity contribution in [3.05, 3.63) is 24.0 Å². The van der Waals surface area contributed by atoms with Crippen LogP contribution in [0.3, 0.4) is 0 Å². The summed E-state index contributed by atoms with van der Waals surface area (Å²) in [6, 6.07) is 1.22. The predicted molar refractivity (Wildman–Crippen MR) is 60.1 cm³/mol. The monoisotopic (exact) mass is 226 g/mol. The second-order valence-corrected chi connectivity index (χ2v) is 4.62. The number of aliphatic hydroxyl groups excluding tert-OH is 1. The van der Waals surface area contributed by atoms with Crippen LogP contribution in [-0.2, 0) is 4.74 Å². The SMILES string of the molecule is CC(C)(C)OC(=O)n1ccc([C@H](N)CO)c1. The zero-order valence-corrected chi connectivity index (χ0v) is 9.80. The minimum atomic E-state index is -0.527. The van der Waals surface area contributed by atoms with Crippen LogP contribution in [0.1, 0.15) is 32.4 Å². The zero-order valence-electron chi connectivity index (χ0n) is 9.80. The summed E-state index contributed by atoms with van der Waals surface area (Å²) in [6.07, 6.45) is 2.68. The lowest BCUT2D eigenvalue weighted by Gasteiger charge is -2.19. The highest BCUT2D eigenvalue weighted by Gasteiger charge is 2.18. The van der Waals surface area contributed by atoms with E-state index in [0.29, 0.717) is 5.56 Å². The Morgan fingerprint density at radius 1 is 1.62 bits per heavy atom. The molecule has 0 fully saturated rings. The lowest BCUT2D eigenvalue weighted by atomic mass is 10.2. The van der Waals surface area contributed by atoms with Crippen LogP contribution in [0.4, 0.5) is 4.79 Å². The van der Waals surface area contributed by atoms with Crippen LogP contribution in [0.15, 0.2) is 18.5 Å². The molecule has 5 heteroatoms. The number of aliphatic hydroxyl groups is 1.